The van der Waals surface area contributed by atoms with Gasteiger partial charge in [0, 0.05) is 17.3 Å². The van der Waals surface area contributed by atoms with Crippen LogP contribution in [0.3, 0.4) is 0 Å². The lowest BCUT2D eigenvalue weighted by atomic mass is 10.2. The molecular weight excluding hydrogens is 512 g/mol. The number of nitrogens with zero attached hydrogens (tertiary/aromatic N) is 5. The fourth-order valence-electron chi connectivity index (χ4n) is 4.42. The molecule has 3 aromatic heterocycles. The van der Waals surface area contributed by atoms with Gasteiger partial charge in [0.05, 0.1) is 55.7 Å². The Morgan fingerprint density at radius 3 is 2.34 bits per heavy atom. The fourth-order valence-corrected chi connectivity index (χ4v) is 4.61. The topological polar surface area (TPSA) is 121 Å². The smallest absolute Gasteiger partial charge is 0.414 e. The van der Waals surface area contributed by atoms with Gasteiger partial charge in [0.15, 0.2) is 5.82 Å². The van der Waals surface area contributed by atoms with E-state index in [9.17, 15) is 9.59 Å². The van der Waals surface area contributed by atoms with E-state index >= 15 is 0 Å². The lowest BCUT2D eigenvalue weighted by molar-refractivity contribution is 0.159. The van der Waals surface area contributed by atoms with Gasteiger partial charge in [0.25, 0.3) is 5.56 Å². The molecule has 12 heteroatoms. The summed E-state index contributed by atoms with van der Waals surface area (Å²) in [5, 5.41) is 3.20. The zero-order valence-corrected chi connectivity index (χ0v) is 23.2. The summed E-state index contributed by atoms with van der Waals surface area (Å²) < 4.78 is 17.5. The molecule has 3 aromatic rings. The summed E-state index contributed by atoms with van der Waals surface area (Å²) in [6.45, 7) is 9.26. The number of amides is 1. The van der Waals surface area contributed by atoms with Crippen molar-refractivity contribution in [3.05, 3.63) is 56.4 Å². The highest BCUT2D eigenvalue weighted by Crippen LogP contribution is 2.44. The van der Waals surface area contributed by atoms with Gasteiger partial charge in [0.1, 0.15) is 5.15 Å². The minimum Gasteiger partial charge on any atom is -0.481 e. The number of anilines is 3. The molecule has 0 saturated heterocycles. The Labute approximate surface area is 225 Å². The number of ether oxygens (including phenoxy) is 3. The molecule has 2 atom stereocenters. The van der Waals surface area contributed by atoms with Crippen molar-refractivity contribution in [1.29, 1.82) is 0 Å². The largest absolute Gasteiger partial charge is 0.481 e. The van der Waals surface area contributed by atoms with Gasteiger partial charge in [-0.15, -0.1) is 0 Å². The predicted molar refractivity (Wildman–Crippen MR) is 144 cm³/mol. The third kappa shape index (κ3) is 5.24. The molecule has 0 aromatic carbocycles. The number of carbonyl (C=O) groups is 1. The van der Waals surface area contributed by atoms with Crippen molar-refractivity contribution in [3.63, 3.8) is 0 Å². The van der Waals surface area contributed by atoms with E-state index in [1.807, 2.05) is 26.0 Å². The Balaban J connectivity index is 1.69. The Bertz CT molecular complexity index is 1440. The molecule has 202 valence electrons. The molecule has 0 bridgehead atoms. The van der Waals surface area contributed by atoms with Crippen LogP contribution in [0.25, 0.3) is 0 Å². The highest BCUT2D eigenvalue weighted by molar-refractivity contribution is 6.29. The Kier molecular flexibility index (Phi) is 7.77. The number of halogens is 1. The Hall–Kier alpha value is -3.86. The summed E-state index contributed by atoms with van der Waals surface area (Å²) in [6, 6.07) is 2.98. The van der Waals surface area contributed by atoms with E-state index in [1.54, 1.807) is 39.9 Å². The van der Waals surface area contributed by atoms with Crippen molar-refractivity contribution in [1.82, 2.24) is 19.5 Å². The first-order chi connectivity index (χ1) is 18.1. The van der Waals surface area contributed by atoms with Crippen molar-refractivity contribution < 1.29 is 19.0 Å². The predicted octanol–water partition coefficient (Wildman–Crippen LogP) is 4.66. The second-order valence-electron chi connectivity index (χ2n) is 9.06. The number of aromatic nitrogens is 4. The van der Waals surface area contributed by atoms with Crippen molar-refractivity contribution in [2.45, 2.75) is 53.1 Å². The standard InChI is InChI=1S/C26H31ClN6O5/c1-8-38-26(35)33(18-10-14(3)24(37-7)29-16(18)5)20-11-19(20)32-12-21(27)31-22(25(32)34)30-17-9-13(2)23(36-6)28-15(17)4/h9-10,12,19-20H,8,11H2,1-7H3,(H,30,31). The first-order valence-electron chi connectivity index (χ1n) is 12.2. The van der Waals surface area contributed by atoms with Gasteiger partial charge < -0.3 is 24.1 Å². The van der Waals surface area contributed by atoms with E-state index in [4.69, 9.17) is 25.8 Å². The third-order valence-electron chi connectivity index (χ3n) is 6.37. The van der Waals surface area contributed by atoms with Crippen LogP contribution in [0.1, 0.15) is 41.9 Å². The minimum absolute atomic E-state index is 0.0541. The maximum absolute atomic E-state index is 13.5. The molecule has 1 N–H and O–H groups in total. The Morgan fingerprint density at radius 1 is 1.08 bits per heavy atom. The molecule has 1 saturated carbocycles. The van der Waals surface area contributed by atoms with Crippen LogP contribution in [0.5, 0.6) is 11.8 Å². The van der Waals surface area contributed by atoms with Crippen LogP contribution in [0.2, 0.25) is 5.15 Å². The molecule has 1 fully saturated rings. The molecule has 0 radical (unpaired) electrons. The van der Waals surface area contributed by atoms with Gasteiger partial charge in [-0.3, -0.25) is 9.69 Å². The lowest BCUT2D eigenvalue weighted by Gasteiger charge is -2.25. The number of nitrogens with one attached hydrogen (secondary N) is 1. The van der Waals surface area contributed by atoms with Crippen molar-refractivity contribution >= 4 is 34.9 Å². The zero-order valence-electron chi connectivity index (χ0n) is 22.5. The highest BCUT2D eigenvalue weighted by atomic mass is 35.5. The number of hydrogen-bond donors (Lipinski definition) is 1. The molecule has 1 aliphatic carbocycles. The number of pyridine rings is 2. The van der Waals surface area contributed by atoms with Crippen LogP contribution in [0.15, 0.2) is 23.1 Å². The second-order valence-corrected chi connectivity index (χ2v) is 9.44. The molecule has 3 heterocycles. The number of hydrogen-bond acceptors (Lipinski definition) is 9. The van der Waals surface area contributed by atoms with E-state index in [0.29, 0.717) is 40.9 Å². The summed E-state index contributed by atoms with van der Waals surface area (Å²) >= 11 is 6.34. The van der Waals surface area contributed by atoms with Gasteiger partial charge >= 0.3 is 6.09 Å². The van der Waals surface area contributed by atoms with E-state index < -0.39 is 6.09 Å². The average Bonchev–Trinajstić information content (AvgIpc) is 3.65. The van der Waals surface area contributed by atoms with Crippen LogP contribution < -0.4 is 25.2 Å². The van der Waals surface area contributed by atoms with Gasteiger partial charge in [-0.1, -0.05) is 11.6 Å². The number of carbonyl (C=O) groups excluding carboxylic acids is 1. The molecule has 4 rings (SSSR count). The second kappa shape index (κ2) is 10.9. The molecule has 0 spiro atoms. The van der Waals surface area contributed by atoms with Gasteiger partial charge in [0.2, 0.25) is 11.8 Å². The number of methoxy groups -OCH3 is 2. The van der Waals surface area contributed by atoms with Crippen molar-refractivity contribution in [2.24, 2.45) is 0 Å². The summed E-state index contributed by atoms with van der Waals surface area (Å²) in [5.41, 5.74) is 3.64. The summed E-state index contributed by atoms with van der Waals surface area (Å²) in [4.78, 5) is 41.3. The SMILES string of the molecule is CCOC(=O)N(c1cc(C)c(OC)nc1C)C1CC1n1cc(Cl)nc(Nc2cc(C)c(OC)nc2C)c1=O. The fraction of sp³-hybridized carbons (Fsp3) is 0.423. The molecule has 1 amide bonds. The minimum atomic E-state index is -0.517. The van der Waals surface area contributed by atoms with Gasteiger partial charge in [-0.05, 0) is 53.2 Å². The number of rotatable bonds is 8. The highest BCUT2D eigenvalue weighted by Gasteiger charge is 2.48. The normalized spacial score (nSPS) is 16.1. The molecular formula is C26H31ClN6O5. The molecule has 0 aliphatic heterocycles. The summed E-state index contributed by atoms with van der Waals surface area (Å²) in [6.07, 6.45) is 1.49. The van der Waals surface area contributed by atoms with Crippen LogP contribution in [-0.2, 0) is 4.74 Å². The van der Waals surface area contributed by atoms with E-state index in [-0.39, 0.29) is 35.2 Å². The number of aryl methyl sites for hydroxylation is 4. The first-order valence-corrected chi connectivity index (χ1v) is 12.5. The molecule has 1 aliphatic rings. The zero-order chi connectivity index (χ0) is 27.7. The van der Waals surface area contributed by atoms with Crippen LogP contribution >= 0.6 is 11.6 Å². The average molecular weight is 543 g/mol. The van der Waals surface area contributed by atoms with Gasteiger partial charge in [-0.2, -0.15) is 0 Å². The quantitative estimate of drug-likeness (QED) is 0.433. The van der Waals surface area contributed by atoms with Crippen LogP contribution in [0, 0.1) is 27.7 Å². The molecule has 11 nitrogen and oxygen atoms in total. The Morgan fingerprint density at radius 2 is 1.71 bits per heavy atom. The van der Waals surface area contributed by atoms with Crippen LogP contribution in [-0.4, -0.2) is 52.5 Å². The monoisotopic (exact) mass is 542 g/mol. The summed E-state index contributed by atoms with van der Waals surface area (Å²) in [7, 11) is 3.10. The van der Waals surface area contributed by atoms with Crippen molar-refractivity contribution in [2.75, 3.05) is 31.0 Å². The van der Waals surface area contributed by atoms with E-state index in [2.05, 4.69) is 20.3 Å². The van der Waals surface area contributed by atoms with Crippen molar-refractivity contribution in [3.8, 4) is 11.8 Å². The lowest BCUT2D eigenvalue weighted by Crippen LogP contribution is -2.37. The van der Waals surface area contributed by atoms with E-state index in [0.717, 1.165) is 11.1 Å². The first kappa shape index (κ1) is 27.2. The molecule has 38 heavy (non-hydrogen) atoms. The third-order valence-corrected chi connectivity index (χ3v) is 6.55. The summed E-state index contributed by atoms with van der Waals surface area (Å²) in [5.74, 6) is 1.04. The maximum atomic E-state index is 13.5. The van der Waals surface area contributed by atoms with Gasteiger partial charge in [-0.25, -0.2) is 19.7 Å². The van der Waals surface area contributed by atoms with E-state index in [1.165, 1.54) is 10.8 Å². The van der Waals surface area contributed by atoms with Crippen LogP contribution in [0.4, 0.5) is 22.0 Å². The maximum Gasteiger partial charge on any atom is 0.414 e. The molecule has 2 unspecified atom stereocenters.